The molecule has 3 heteroatoms. The topological polar surface area (TPSA) is 30.3 Å². The van der Waals surface area contributed by atoms with Crippen LogP contribution < -0.4 is 0 Å². The van der Waals surface area contributed by atoms with Crippen molar-refractivity contribution < 1.29 is 0 Å². The lowest BCUT2D eigenvalue weighted by molar-refractivity contribution is 0.0633. The van der Waals surface area contributed by atoms with E-state index in [0.29, 0.717) is 12.0 Å². The van der Waals surface area contributed by atoms with Gasteiger partial charge in [-0.2, -0.15) is 5.26 Å². The predicted molar refractivity (Wildman–Crippen MR) is 58.0 cm³/mol. The smallest absolute Gasteiger partial charge is 0.0635 e. The van der Waals surface area contributed by atoms with Gasteiger partial charge >= 0.3 is 0 Å². The minimum atomic E-state index is 0.293. The molecule has 1 aliphatic rings. The summed E-state index contributed by atoms with van der Waals surface area (Å²) in [6, 6.07) is 2.20. The molecule has 0 unspecified atom stereocenters. The van der Waals surface area contributed by atoms with Crippen molar-refractivity contribution >= 4 is 0 Å². The van der Waals surface area contributed by atoms with Crippen LogP contribution in [0.1, 0.15) is 27.2 Å². The first kappa shape index (κ1) is 11.5. The van der Waals surface area contributed by atoms with Gasteiger partial charge in [0.25, 0.3) is 0 Å². The number of hydrogen-bond acceptors (Lipinski definition) is 3. The third kappa shape index (κ3) is 3.28. The largest absolute Gasteiger partial charge is 0.300 e. The van der Waals surface area contributed by atoms with Gasteiger partial charge in [0.2, 0.25) is 0 Å². The Bertz CT molecular complexity index is 204. The van der Waals surface area contributed by atoms with E-state index in [1.54, 1.807) is 0 Å². The Kier molecular flexibility index (Phi) is 3.91. The minimum absolute atomic E-state index is 0.293. The van der Waals surface area contributed by atoms with E-state index in [9.17, 15) is 0 Å². The maximum atomic E-state index is 8.49. The number of rotatable bonds is 2. The Labute approximate surface area is 87.3 Å². The zero-order valence-corrected chi connectivity index (χ0v) is 9.58. The van der Waals surface area contributed by atoms with Crippen molar-refractivity contribution in [2.75, 3.05) is 32.7 Å². The molecule has 1 fully saturated rings. The van der Waals surface area contributed by atoms with Gasteiger partial charge in [0.05, 0.1) is 6.07 Å². The Morgan fingerprint density at radius 1 is 1.14 bits per heavy atom. The van der Waals surface area contributed by atoms with Crippen LogP contribution in [0.5, 0.6) is 0 Å². The standard InChI is InChI=1S/C11H21N3/c1-11(2,3)14-9-7-13(8-10-14)6-4-5-12/h4,6-10H2,1-3H3. The average Bonchev–Trinajstić information content (AvgIpc) is 2.14. The van der Waals surface area contributed by atoms with Gasteiger partial charge in [-0.3, -0.25) is 9.80 Å². The summed E-state index contributed by atoms with van der Waals surface area (Å²) in [5.41, 5.74) is 0.293. The zero-order chi connectivity index (χ0) is 10.6. The van der Waals surface area contributed by atoms with Crippen molar-refractivity contribution in [2.24, 2.45) is 0 Å². The van der Waals surface area contributed by atoms with Crippen LogP contribution in [0.25, 0.3) is 0 Å². The summed E-state index contributed by atoms with van der Waals surface area (Å²) in [7, 11) is 0. The fourth-order valence-corrected chi connectivity index (χ4v) is 1.85. The first-order valence-electron chi connectivity index (χ1n) is 5.38. The molecule has 1 rings (SSSR count). The summed E-state index contributed by atoms with van der Waals surface area (Å²) in [6.45, 7) is 12.2. The molecule has 3 nitrogen and oxygen atoms in total. The number of piperazine rings is 1. The van der Waals surface area contributed by atoms with E-state index in [4.69, 9.17) is 5.26 Å². The van der Waals surface area contributed by atoms with Crippen LogP contribution in [0.4, 0.5) is 0 Å². The molecule has 0 aromatic heterocycles. The molecule has 0 amide bonds. The first-order chi connectivity index (χ1) is 6.54. The van der Waals surface area contributed by atoms with Gasteiger partial charge in [-0.25, -0.2) is 0 Å². The van der Waals surface area contributed by atoms with Crippen LogP contribution in [0.3, 0.4) is 0 Å². The highest BCUT2D eigenvalue weighted by Crippen LogP contribution is 2.15. The van der Waals surface area contributed by atoms with Crippen LogP contribution in [0.2, 0.25) is 0 Å². The van der Waals surface area contributed by atoms with E-state index in [0.717, 1.165) is 32.7 Å². The second-order valence-corrected chi connectivity index (χ2v) is 4.91. The molecule has 0 aromatic carbocycles. The lowest BCUT2D eigenvalue weighted by Gasteiger charge is -2.42. The maximum Gasteiger partial charge on any atom is 0.0635 e. The van der Waals surface area contributed by atoms with E-state index in [1.807, 2.05) is 0 Å². The molecular weight excluding hydrogens is 174 g/mol. The quantitative estimate of drug-likeness (QED) is 0.665. The third-order valence-electron chi connectivity index (χ3n) is 2.86. The van der Waals surface area contributed by atoms with Crippen molar-refractivity contribution in [1.29, 1.82) is 5.26 Å². The van der Waals surface area contributed by atoms with Gasteiger partial charge in [0, 0.05) is 44.7 Å². The van der Waals surface area contributed by atoms with E-state index in [1.165, 1.54) is 0 Å². The van der Waals surface area contributed by atoms with Crippen molar-refractivity contribution in [1.82, 2.24) is 9.80 Å². The van der Waals surface area contributed by atoms with Gasteiger partial charge in [0.1, 0.15) is 0 Å². The van der Waals surface area contributed by atoms with Crippen molar-refractivity contribution in [3.63, 3.8) is 0 Å². The molecule has 0 spiro atoms. The highest BCUT2D eigenvalue weighted by Gasteiger charge is 2.25. The second-order valence-electron chi connectivity index (χ2n) is 4.91. The number of nitrogens with zero attached hydrogens (tertiary/aromatic N) is 3. The fraction of sp³-hybridized carbons (Fsp3) is 0.909. The minimum Gasteiger partial charge on any atom is -0.300 e. The van der Waals surface area contributed by atoms with E-state index < -0.39 is 0 Å². The summed E-state index contributed by atoms with van der Waals surface area (Å²) < 4.78 is 0. The molecule has 0 aliphatic carbocycles. The van der Waals surface area contributed by atoms with Gasteiger partial charge in [0.15, 0.2) is 0 Å². The van der Waals surface area contributed by atoms with Crippen molar-refractivity contribution in [3.8, 4) is 6.07 Å². The molecule has 0 aromatic rings. The third-order valence-corrected chi connectivity index (χ3v) is 2.86. The Morgan fingerprint density at radius 2 is 1.71 bits per heavy atom. The predicted octanol–water partition coefficient (Wildman–Crippen LogP) is 1.32. The van der Waals surface area contributed by atoms with Gasteiger partial charge in [-0.15, -0.1) is 0 Å². The van der Waals surface area contributed by atoms with Crippen LogP contribution in [0.15, 0.2) is 0 Å². The van der Waals surface area contributed by atoms with Gasteiger partial charge < -0.3 is 0 Å². The summed E-state index contributed by atoms with van der Waals surface area (Å²) in [5.74, 6) is 0. The van der Waals surface area contributed by atoms with E-state index >= 15 is 0 Å². The summed E-state index contributed by atoms with van der Waals surface area (Å²) in [6.07, 6.45) is 0.662. The lowest BCUT2D eigenvalue weighted by atomic mass is 10.1. The maximum absolute atomic E-state index is 8.49. The van der Waals surface area contributed by atoms with Gasteiger partial charge in [-0.1, -0.05) is 0 Å². The molecule has 0 N–H and O–H groups in total. The molecule has 0 saturated carbocycles. The molecular formula is C11H21N3. The van der Waals surface area contributed by atoms with Crippen LogP contribution in [0, 0.1) is 11.3 Å². The van der Waals surface area contributed by atoms with Gasteiger partial charge in [-0.05, 0) is 20.8 Å². The Morgan fingerprint density at radius 3 is 2.14 bits per heavy atom. The fourth-order valence-electron chi connectivity index (χ4n) is 1.85. The van der Waals surface area contributed by atoms with Crippen LogP contribution in [-0.4, -0.2) is 48.1 Å². The molecule has 80 valence electrons. The lowest BCUT2D eigenvalue weighted by Crippen LogP contribution is -2.53. The number of hydrogen-bond donors (Lipinski definition) is 0. The molecule has 1 saturated heterocycles. The molecule has 14 heavy (non-hydrogen) atoms. The molecule has 1 heterocycles. The molecule has 1 aliphatic heterocycles. The first-order valence-corrected chi connectivity index (χ1v) is 5.38. The zero-order valence-electron chi connectivity index (χ0n) is 9.58. The average molecular weight is 195 g/mol. The molecule has 0 bridgehead atoms. The monoisotopic (exact) mass is 195 g/mol. The normalized spacial score (nSPS) is 20.7. The highest BCUT2D eigenvalue weighted by atomic mass is 15.3. The van der Waals surface area contributed by atoms with E-state index in [-0.39, 0.29) is 0 Å². The Balaban J connectivity index is 2.29. The summed E-state index contributed by atoms with van der Waals surface area (Å²) in [5, 5.41) is 8.49. The number of nitriles is 1. The van der Waals surface area contributed by atoms with Crippen LogP contribution >= 0.6 is 0 Å². The summed E-state index contributed by atoms with van der Waals surface area (Å²) in [4.78, 5) is 4.89. The van der Waals surface area contributed by atoms with E-state index in [2.05, 4.69) is 36.6 Å². The summed E-state index contributed by atoms with van der Waals surface area (Å²) >= 11 is 0. The van der Waals surface area contributed by atoms with Crippen LogP contribution in [-0.2, 0) is 0 Å². The van der Waals surface area contributed by atoms with Crippen molar-refractivity contribution in [2.45, 2.75) is 32.7 Å². The van der Waals surface area contributed by atoms with Crippen molar-refractivity contribution in [3.05, 3.63) is 0 Å². The SMILES string of the molecule is CC(C)(C)N1CCN(CCC#N)CC1. The molecule has 0 radical (unpaired) electrons. The highest BCUT2D eigenvalue weighted by molar-refractivity contribution is 4.83. The Hall–Kier alpha value is -0.590. The molecule has 0 atom stereocenters. The second kappa shape index (κ2) is 4.77.